The van der Waals surface area contributed by atoms with Crippen molar-refractivity contribution in [3.8, 4) is 5.75 Å². The molecule has 2 heterocycles. The van der Waals surface area contributed by atoms with Crippen molar-refractivity contribution in [1.82, 2.24) is 4.90 Å². The first-order chi connectivity index (χ1) is 15.1. The second-order valence-corrected chi connectivity index (χ2v) is 8.65. The molecule has 164 valence electrons. The van der Waals surface area contributed by atoms with Crippen molar-refractivity contribution in [2.75, 3.05) is 56.7 Å². The standard InChI is InChI=1S/C24H28FN3O3/c1-30-18-5-2-16(3-6-18)13-27-14-19-20(15-27)23(19)24(29)26-17-4-7-22(21(25)12-17)28-8-10-31-11-9-28/h2-7,12,19-20,23H,8-11,13-15H2,1H3,(H,26,29). The Morgan fingerprint density at radius 2 is 1.84 bits per heavy atom. The molecule has 2 aliphatic heterocycles. The number of piperidine rings is 1. The van der Waals surface area contributed by atoms with Gasteiger partial charge in [-0.15, -0.1) is 0 Å². The number of fused-ring (bicyclic) bond motifs is 1. The Morgan fingerprint density at radius 3 is 2.48 bits per heavy atom. The first-order valence-electron chi connectivity index (χ1n) is 10.9. The number of carbonyl (C=O) groups excluding carboxylic acids is 1. The minimum atomic E-state index is -0.304. The van der Waals surface area contributed by atoms with Crippen molar-refractivity contribution in [1.29, 1.82) is 0 Å². The second kappa shape index (κ2) is 8.48. The van der Waals surface area contributed by atoms with E-state index in [0.29, 0.717) is 49.5 Å². The zero-order chi connectivity index (χ0) is 21.4. The molecule has 1 saturated carbocycles. The second-order valence-electron chi connectivity index (χ2n) is 8.65. The van der Waals surface area contributed by atoms with Crippen LogP contribution in [0.3, 0.4) is 0 Å². The SMILES string of the molecule is COc1ccc(CN2CC3C(C2)C3C(=O)Nc2ccc(N3CCOCC3)c(F)c2)cc1. The van der Waals surface area contributed by atoms with Gasteiger partial charge in [-0.1, -0.05) is 12.1 Å². The smallest absolute Gasteiger partial charge is 0.228 e. The lowest BCUT2D eigenvalue weighted by Crippen LogP contribution is -2.36. The number of methoxy groups -OCH3 is 1. The normalized spacial score (nSPS) is 25.2. The molecule has 2 aromatic rings. The molecule has 1 N–H and O–H groups in total. The highest BCUT2D eigenvalue weighted by Crippen LogP contribution is 2.52. The molecule has 1 amide bonds. The Morgan fingerprint density at radius 1 is 1.13 bits per heavy atom. The van der Waals surface area contributed by atoms with E-state index in [9.17, 15) is 9.18 Å². The van der Waals surface area contributed by atoms with Crippen LogP contribution in [-0.2, 0) is 16.1 Å². The van der Waals surface area contributed by atoms with Crippen LogP contribution in [0.1, 0.15) is 5.56 Å². The van der Waals surface area contributed by atoms with Crippen LogP contribution >= 0.6 is 0 Å². The molecule has 31 heavy (non-hydrogen) atoms. The van der Waals surface area contributed by atoms with Gasteiger partial charge >= 0.3 is 0 Å². The number of morpholine rings is 1. The number of nitrogens with zero attached hydrogens (tertiary/aromatic N) is 2. The van der Waals surface area contributed by atoms with E-state index >= 15 is 0 Å². The number of hydrogen-bond acceptors (Lipinski definition) is 5. The molecule has 0 aromatic heterocycles. The largest absolute Gasteiger partial charge is 0.497 e. The third kappa shape index (κ3) is 4.25. The summed E-state index contributed by atoms with van der Waals surface area (Å²) >= 11 is 0. The Kier molecular flexibility index (Phi) is 5.54. The summed E-state index contributed by atoms with van der Waals surface area (Å²) in [6, 6.07) is 13.1. The quantitative estimate of drug-likeness (QED) is 0.771. The molecule has 5 rings (SSSR count). The topological polar surface area (TPSA) is 54.0 Å². The van der Waals surface area contributed by atoms with Crippen LogP contribution in [0.25, 0.3) is 0 Å². The zero-order valence-corrected chi connectivity index (χ0v) is 17.7. The summed E-state index contributed by atoms with van der Waals surface area (Å²) in [5, 5.41) is 2.93. The van der Waals surface area contributed by atoms with Crippen molar-refractivity contribution < 1.29 is 18.7 Å². The minimum absolute atomic E-state index is 0.0117. The molecule has 6 nitrogen and oxygen atoms in total. The summed E-state index contributed by atoms with van der Waals surface area (Å²) in [5.74, 6) is 1.40. The highest BCUT2D eigenvalue weighted by Gasteiger charge is 2.59. The van der Waals surface area contributed by atoms with E-state index < -0.39 is 0 Å². The highest BCUT2D eigenvalue weighted by atomic mass is 19.1. The fraction of sp³-hybridized carbons (Fsp3) is 0.458. The van der Waals surface area contributed by atoms with E-state index in [4.69, 9.17) is 9.47 Å². The molecule has 2 unspecified atom stereocenters. The van der Waals surface area contributed by atoms with E-state index in [0.717, 1.165) is 25.4 Å². The number of benzene rings is 2. The average molecular weight is 426 g/mol. The molecule has 0 radical (unpaired) electrons. The van der Waals surface area contributed by atoms with Gasteiger partial charge in [0.05, 0.1) is 26.0 Å². The summed E-state index contributed by atoms with van der Waals surface area (Å²) in [4.78, 5) is 17.1. The average Bonchev–Trinajstić information content (AvgIpc) is 3.30. The number of amides is 1. The molecule has 3 fully saturated rings. The monoisotopic (exact) mass is 425 g/mol. The molecule has 2 saturated heterocycles. The number of likely N-dealkylation sites (tertiary alicyclic amines) is 1. The summed E-state index contributed by atoms with van der Waals surface area (Å²) in [6.45, 7) is 5.33. The maximum Gasteiger partial charge on any atom is 0.228 e. The third-order valence-corrected chi connectivity index (χ3v) is 6.70. The Bertz CT molecular complexity index is 934. The summed E-state index contributed by atoms with van der Waals surface area (Å²) in [6.07, 6.45) is 0. The molecule has 0 spiro atoms. The van der Waals surface area contributed by atoms with Gasteiger partial charge < -0.3 is 19.7 Å². The van der Waals surface area contributed by atoms with E-state index in [-0.39, 0.29) is 17.6 Å². The molecule has 2 atom stereocenters. The van der Waals surface area contributed by atoms with Gasteiger partial charge in [0.15, 0.2) is 0 Å². The van der Waals surface area contributed by atoms with Crippen LogP contribution in [-0.4, -0.2) is 57.3 Å². The molecule has 7 heteroatoms. The minimum Gasteiger partial charge on any atom is -0.497 e. The molecule has 3 aliphatic rings. The predicted octanol–water partition coefficient (Wildman–Crippen LogP) is 2.99. The van der Waals surface area contributed by atoms with Crippen LogP contribution in [0.5, 0.6) is 5.75 Å². The molecular weight excluding hydrogens is 397 g/mol. The molecule has 2 aromatic carbocycles. The van der Waals surface area contributed by atoms with Crippen molar-refractivity contribution in [3.05, 3.63) is 53.8 Å². The van der Waals surface area contributed by atoms with Crippen LogP contribution in [0, 0.1) is 23.6 Å². The van der Waals surface area contributed by atoms with Crippen LogP contribution < -0.4 is 15.0 Å². The first kappa shape index (κ1) is 20.3. The fourth-order valence-electron chi connectivity index (χ4n) is 4.99. The van der Waals surface area contributed by atoms with Crippen LogP contribution in [0.4, 0.5) is 15.8 Å². The Balaban J connectivity index is 1.13. The summed E-state index contributed by atoms with van der Waals surface area (Å²) in [7, 11) is 1.67. The zero-order valence-electron chi connectivity index (χ0n) is 17.7. The predicted molar refractivity (Wildman–Crippen MR) is 117 cm³/mol. The maximum atomic E-state index is 14.6. The van der Waals surface area contributed by atoms with E-state index in [1.807, 2.05) is 17.0 Å². The van der Waals surface area contributed by atoms with Gasteiger partial charge in [0.2, 0.25) is 5.91 Å². The summed E-state index contributed by atoms with van der Waals surface area (Å²) in [5.41, 5.74) is 2.34. The van der Waals surface area contributed by atoms with E-state index in [1.54, 1.807) is 19.2 Å². The van der Waals surface area contributed by atoms with Crippen LogP contribution in [0.2, 0.25) is 0 Å². The van der Waals surface area contributed by atoms with E-state index in [1.165, 1.54) is 11.6 Å². The van der Waals surface area contributed by atoms with Gasteiger partial charge in [0.25, 0.3) is 0 Å². The lowest BCUT2D eigenvalue weighted by molar-refractivity contribution is -0.118. The van der Waals surface area contributed by atoms with E-state index in [2.05, 4.69) is 22.3 Å². The Labute approximate surface area is 181 Å². The molecule has 1 aliphatic carbocycles. The van der Waals surface area contributed by atoms with Crippen molar-refractivity contribution >= 4 is 17.3 Å². The number of rotatable bonds is 6. The highest BCUT2D eigenvalue weighted by molar-refractivity contribution is 5.95. The lowest BCUT2D eigenvalue weighted by atomic mass is 10.1. The number of ether oxygens (including phenoxy) is 2. The van der Waals surface area contributed by atoms with Gasteiger partial charge in [-0.2, -0.15) is 0 Å². The molecule has 0 bridgehead atoms. The lowest BCUT2D eigenvalue weighted by Gasteiger charge is -2.29. The number of halogens is 1. The maximum absolute atomic E-state index is 14.6. The number of anilines is 2. The third-order valence-electron chi connectivity index (χ3n) is 6.70. The van der Waals surface area contributed by atoms with Crippen molar-refractivity contribution in [3.63, 3.8) is 0 Å². The fourth-order valence-corrected chi connectivity index (χ4v) is 4.99. The van der Waals surface area contributed by atoms with Crippen LogP contribution in [0.15, 0.2) is 42.5 Å². The van der Waals surface area contributed by atoms with Crippen molar-refractivity contribution in [2.45, 2.75) is 6.54 Å². The molecular formula is C24H28FN3O3. The first-order valence-corrected chi connectivity index (χ1v) is 10.9. The number of hydrogen-bond donors (Lipinski definition) is 1. The summed E-state index contributed by atoms with van der Waals surface area (Å²) < 4.78 is 25.1. The van der Waals surface area contributed by atoms with Gasteiger partial charge in [-0.3, -0.25) is 9.69 Å². The van der Waals surface area contributed by atoms with Crippen molar-refractivity contribution in [2.24, 2.45) is 17.8 Å². The van der Waals surface area contributed by atoms with Gasteiger partial charge in [-0.25, -0.2) is 4.39 Å². The number of nitrogens with one attached hydrogen (secondary N) is 1. The van der Waals surface area contributed by atoms with Gasteiger partial charge in [-0.05, 0) is 47.7 Å². The number of carbonyl (C=O) groups is 1. The van der Waals surface area contributed by atoms with Gasteiger partial charge in [0.1, 0.15) is 11.6 Å². The van der Waals surface area contributed by atoms with Gasteiger partial charge in [0, 0.05) is 44.3 Å². The Hall–Kier alpha value is -2.64.